The summed E-state index contributed by atoms with van der Waals surface area (Å²) < 4.78 is 19.0. The Bertz CT molecular complexity index is 737. The minimum atomic E-state index is -0.252. The maximum Gasteiger partial charge on any atom is 0.253 e. The van der Waals surface area contributed by atoms with Crippen LogP contribution in [0, 0.1) is 19.7 Å². The van der Waals surface area contributed by atoms with Gasteiger partial charge in [-0.15, -0.1) is 0 Å². The second-order valence-corrected chi connectivity index (χ2v) is 6.88. The fraction of sp³-hybridized carbons (Fsp3) is 0.381. The van der Waals surface area contributed by atoms with Crippen LogP contribution in [-0.2, 0) is 4.74 Å². The molecule has 3 nitrogen and oxygen atoms in total. The molecule has 1 fully saturated rings. The molecule has 0 saturated carbocycles. The Kier molecular flexibility index (Phi) is 5.19. The molecule has 1 aliphatic rings. The summed E-state index contributed by atoms with van der Waals surface area (Å²) >= 11 is 0. The highest BCUT2D eigenvalue weighted by Gasteiger charge is 2.29. The van der Waals surface area contributed by atoms with Crippen LogP contribution in [0.1, 0.15) is 46.0 Å². The van der Waals surface area contributed by atoms with Gasteiger partial charge in [0.1, 0.15) is 5.82 Å². The molecule has 2 aromatic rings. The lowest BCUT2D eigenvalue weighted by Crippen LogP contribution is -2.41. The van der Waals surface area contributed by atoms with Crippen molar-refractivity contribution in [3.05, 3.63) is 70.5 Å². The first-order valence-electron chi connectivity index (χ1n) is 8.66. The Balaban J connectivity index is 1.73. The van der Waals surface area contributed by atoms with Gasteiger partial charge in [-0.25, -0.2) is 4.39 Å². The average Bonchev–Trinajstić information content (AvgIpc) is 2.60. The first-order chi connectivity index (χ1) is 11.9. The van der Waals surface area contributed by atoms with E-state index in [0.29, 0.717) is 6.61 Å². The molecule has 0 N–H and O–H groups in total. The van der Waals surface area contributed by atoms with E-state index in [0.717, 1.165) is 35.1 Å². The van der Waals surface area contributed by atoms with Gasteiger partial charge in [-0.2, -0.15) is 0 Å². The molecule has 2 atom stereocenters. The number of hydrogen-bond donors (Lipinski definition) is 0. The van der Waals surface area contributed by atoms with Crippen molar-refractivity contribution in [2.24, 2.45) is 0 Å². The molecule has 1 aliphatic heterocycles. The molecule has 132 valence electrons. The molecule has 0 bridgehead atoms. The van der Waals surface area contributed by atoms with E-state index >= 15 is 0 Å². The summed E-state index contributed by atoms with van der Waals surface area (Å²) in [6, 6.07) is 12.5. The SMILES string of the molecule is Cc1cc(C)cc(C(=O)N(C)[C@H]2CCO[C@@H](c3ccc(F)cc3)C2)c1. The van der Waals surface area contributed by atoms with Crippen molar-refractivity contribution in [1.29, 1.82) is 0 Å². The van der Waals surface area contributed by atoms with Crippen LogP contribution in [0.5, 0.6) is 0 Å². The number of amides is 1. The van der Waals surface area contributed by atoms with Crippen LogP contribution in [0.25, 0.3) is 0 Å². The van der Waals surface area contributed by atoms with Crippen molar-refractivity contribution in [2.45, 2.75) is 38.8 Å². The Morgan fingerprint density at radius 2 is 1.76 bits per heavy atom. The summed E-state index contributed by atoms with van der Waals surface area (Å²) in [5.41, 5.74) is 3.86. The van der Waals surface area contributed by atoms with Gasteiger partial charge in [0.2, 0.25) is 0 Å². The van der Waals surface area contributed by atoms with Gasteiger partial charge in [0.25, 0.3) is 5.91 Å². The fourth-order valence-corrected chi connectivity index (χ4v) is 3.51. The molecule has 3 rings (SSSR count). The van der Waals surface area contributed by atoms with Crippen LogP contribution in [0.3, 0.4) is 0 Å². The molecule has 1 saturated heterocycles. The van der Waals surface area contributed by atoms with Gasteiger partial charge in [-0.1, -0.05) is 29.3 Å². The van der Waals surface area contributed by atoms with Crippen LogP contribution < -0.4 is 0 Å². The molecule has 2 aromatic carbocycles. The number of benzene rings is 2. The molecule has 25 heavy (non-hydrogen) atoms. The number of ether oxygens (including phenoxy) is 1. The summed E-state index contributed by atoms with van der Waals surface area (Å²) in [5.74, 6) is -0.213. The molecule has 0 aromatic heterocycles. The third-order valence-corrected chi connectivity index (χ3v) is 4.83. The van der Waals surface area contributed by atoms with Gasteiger partial charge < -0.3 is 9.64 Å². The highest BCUT2D eigenvalue weighted by atomic mass is 19.1. The van der Waals surface area contributed by atoms with Crippen molar-refractivity contribution >= 4 is 5.91 Å². The Hall–Kier alpha value is -2.20. The Morgan fingerprint density at radius 3 is 2.40 bits per heavy atom. The van der Waals surface area contributed by atoms with Crippen molar-refractivity contribution < 1.29 is 13.9 Å². The number of halogens is 1. The third-order valence-electron chi connectivity index (χ3n) is 4.83. The topological polar surface area (TPSA) is 29.5 Å². The molecule has 0 unspecified atom stereocenters. The van der Waals surface area contributed by atoms with Gasteiger partial charge in [0, 0.05) is 25.3 Å². The van der Waals surface area contributed by atoms with E-state index in [1.54, 1.807) is 12.1 Å². The van der Waals surface area contributed by atoms with Crippen LogP contribution in [-0.4, -0.2) is 30.5 Å². The van der Waals surface area contributed by atoms with E-state index in [2.05, 4.69) is 6.07 Å². The molecule has 1 amide bonds. The van der Waals surface area contributed by atoms with Crippen molar-refractivity contribution in [3.63, 3.8) is 0 Å². The molecule has 0 radical (unpaired) electrons. The Labute approximate surface area is 148 Å². The van der Waals surface area contributed by atoms with Crippen LogP contribution in [0.2, 0.25) is 0 Å². The van der Waals surface area contributed by atoms with E-state index in [9.17, 15) is 9.18 Å². The predicted molar refractivity (Wildman–Crippen MR) is 96.1 cm³/mol. The lowest BCUT2D eigenvalue weighted by atomic mass is 9.96. The van der Waals surface area contributed by atoms with Crippen LogP contribution in [0.4, 0.5) is 4.39 Å². The minimum Gasteiger partial charge on any atom is -0.373 e. The summed E-state index contributed by atoms with van der Waals surface area (Å²) in [6.07, 6.45) is 1.43. The number of carbonyl (C=O) groups is 1. The lowest BCUT2D eigenvalue weighted by molar-refractivity contribution is -0.0197. The van der Waals surface area contributed by atoms with Gasteiger partial charge in [-0.05, 0) is 56.5 Å². The number of rotatable bonds is 3. The Morgan fingerprint density at radius 1 is 1.12 bits per heavy atom. The first kappa shape index (κ1) is 17.6. The smallest absolute Gasteiger partial charge is 0.253 e. The highest BCUT2D eigenvalue weighted by molar-refractivity contribution is 5.94. The van der Waals surface area contributed by atoms with E-state index in [-0.39, 0.29) is 23.9 Å². The molecule has 4 heteroatoms. The fourth-order valence-electron chi connectivity index (χ4n) is 3.51. The summed E-state index contributed by atoms with van der Waals surface area (Å²) in [4.78, 5) is 14.7. The predicted octanol–water partition coefficient (Wildman–Crippen LogP) is 4.43. The van der Waals surface area contributed by atoms with Gasteiger partial charge in [0.05, 0.1) is 6.10 Å². The zero-order valence-electron chi connectivity index (χ0n) is 15.0. The second-order valence-electron chi connectivity index (χ2n) is 6.88. The second kappa shape index (κ2) is 7.36. The third kappa shape index (κ3) is 4.07. The van der Waals surface area contributed by atoms with Crippen LogP contribution >= 0.6 is 0 Å². The standard InChI is InChI=1S/C21H24FNO2/c1-14-10-15(2)12-17(11-14)21(24)23(3)19-8-9-25-20(13-19)16-4-6-18(22)7-5-16/h4-7,10-12,19-20H,8-9,13H2,1-3H3/t19-,20+/m0/s1. The van der Waals surface area contributed by atoms with E-state index in [1.165, 1.54) is 12.1 Å². The number of hydrogen-bond acceptors (Lipinski definition) is 2. The quantitative estimate of drug-likeness (QED) is 0.826. The van der Waals surface area contributed by atoms with Crippen molar-refractivity contribution in [2.75, 3.05) is 13.7 Å². The van der Waals surface area contributed by atoms with E-state index in [1.807, 2.05) is 37.9 Å². The van der Waals surface area contributed by atoms with Crippen LogP contribution in [0.15, 0.2) is 42.5 Å². The summed E-state index contributed by atoms with van der Waals surface area (Å²) in [6.45, 7) is 4.60. The molecule has 0 spiro atoms. The van der Waals surface area contributed by atoms with Gasteiger partial charge >= 0.3 is 0 Å². The zero-order valence-corrected chi connectivity index (χ0v) is 15.0. The maximum absolute atomic E-state index is 13.1. The molecule has 1 heterocycles. The summed E-state index contributed by atoms with van der Waals surface area (Å²) in [5, 5.41) is 0. The lowest BCUT2D eigenvalue weighted by Gasteiger charge is -2.35. The van der Waals surface area contributed by atoms with Gasteiger partial charge in [-0.3, -0.25) is 4.79 Å². The largest absolute Gasteiger partial charge is 0.373 e. The van der Waals surface area contributed by atoms with Crippen molar-refractivity contribution in [1.82, 2.24) is 4.90 Å². The number of aryl methyl sites for hydroxylation is 2. The highest BCUT2D eigenvalue weighted by Crippen LogP contribution is 2.31. The molecular formula is C21H24FNO2. The zero-order chi connectivity index (χ0) is 18.0. The summed E-state index contributed by atoms with van der Waals surface area (Å²) in [7, 11) is 1.86. The number of nitrogens with zero attached hydrogens (tertiary/aromatic N) is 1. The monoisotopic (exact) mass is 341 g/mol. The van der Waals surface area contributed by atoms with E-state index in [4.69, 9.17) is 4.74 Å². The van der Waals surface area contributed by atoms with E-state index < -0.39 is 0 Å². The minimum absolute atomic E-state index is 0.0385. The molecular weight excluding hydrogens is 317 g/mol. The maximum atomic E-state index is 13.1. The average molecular weight is 341 g/mol. The van der Waals surface area contributed by atoms with Crippen molar-refractivity contribution in [3.8, 4) is 0 Å². The number of carbonyl (C=O) groups excluding carboxylic acids is 1. The first-order valence-corrected chi connectivity index (χ1v) is 8.66. The normalized spacial score (nSPS) is 20.3. The van der Waals surface area contributed by atoms with Gasteiger partial charge in [0.15, 0.2) is 0 Å². The molecule has 0 aliphatic carbocycles.